The van der Waals surface area contributed by atoms with Crippen LogP contribution in [0.5, 0.6) is 0 Å². The summed E-state index contributed by atoms with van der Waals surface area (Å²) in [6, 6.07) is 4.89. The third kappa shape index (κ3) is 4.26. The van der Waals surface area contributed by atoms with E-state index in [4.69, 9.17) is 11.6 Å². The van der Waals surface area contributed by atoms with E-state index < -0.39 is 0 Å². The van der Waals surface area contributed by atoms with Gasteiger partial charge >= 0.3 is 6.03 Å². The van der Waals surface area contributed by atoms with E-state index >= 15 is 0 Å². The standard InChI is InChI=1S/C17H22ClN3O2/c1-4-13-6-5-9-21(13)17(23)20-12-7-8-14(15(18)10-12)16(22)19-11(2)3/h5-8,10-11,13H,4,9H2,1-3H3,(H,19,22)(H,20,23). The van der Waals surface area contributed by atoms with Crippen LogP contribution in [-0.4, -0.2) is 35.5 Å². The molecule has 3 amide bonds. The van der Waals surface area contributed by atoms with E-state index in [2.05, 4.69) is 10.6 Å². The number of hydrogen-bond donors (Lipinski definition) is 2. The lowest BCUT2D eigenvalue weighted by atomic mass is 10.2. The monoisotopic (exact) mass is 335 g/mol. The molecule has 1 heterocycles. The molecule has 0 aliphatic carbocycles. The Balaban J connectivity index is 2.06. The third-order valence-electron chi connectivity index (χ3n) is 3.62. The van der Waals surface area contributed by atoms with Gasteiger partial charge in [-0.05, 0) is 38.5 Å². The summed E-state index contributed by atoms with van der Waals surface area (Å²) in [5.74, 6) is -0.224. The van der Waals surface area contributed by atoms with Gasteiger partial charge in [0.05, 0.1) is 16.6 Å². The molecule has 1 aromatic rings. The van der Waals surface area contributed by atoms with Crippen molar-refractivity contribution in [3.63, 3.8) is 0 Å². The zero-order valence-corrected chi connectivity index (χ0v) is 14.4. The van der Waals surface area contributed by atoms with Crippen LogP contribution in [0.15, 0.2) is 30.4 Å². The molecule has 0 saturated heterocycles. The highest BCUT2D eigenvalue weighted by Gasteiger charge is 2.23. The summed E-state index contributed by atoms with van der Waals surface area (Å²) in [7, 11) is 0. The van der Waals surface area contributed by atoms with Crippen molar-refractivity contribution in [3.8, 4) is 0 Å². The lowest BCUT2D eigenvalue weighted by Gasteiger charge is -2.24. The van der Waals surface area contributed by atoms with Gasteiger partial charge in [0.2, 0.25) is 0 Å². The number of nitrogens with one attached hydrogen (secondary N) is 2. The number of hydrogen-bond acceptors (Lipinski definition) is 2. The van der Waals surface area contributed by atoms with Gasteiger partial charge in [-0.2, -0.15) is 0 Å². The molecule has 0 saturated carbocycles. The fraction of sp³-hybridized carbons (Fsp3) is 0.412. The smallest absolute Gasteiger partial charge is 0.322 e. The Morgan fingerprint density at radius 1 is 1.39 bits per heavy atom. The van der Waals surface area contributed by atoms with Crippen molar-refractivity contribution in [3.05, 3.63) is 40.9 Å². The van der Waals surface area contributed by atoms with Gasteiger partial charge in [-0.25, -0.2) is 4.79 Å². The summed E-state index contributed by atoms with van der Waals surface area (Å²) in [5, 5.41) is 5.93. The molecule has 0 fully saturated rings. The van der Waals surface area contributed by atoms with Gasteiger partial charge in [0.1, 0.15) is 0 Å². The molecule has 5 nitrogen and oxygen atoms in total. The van der Waals surface area contributed by atoms with Crippen molar-refractivity contribution in [2.24, 2.45) is 0 Å². The lowest BCUT2D eigenvalue weighted by Crippen LogP contribution is -2.38. The maximum atomic E-state index is 12.3. The summed E-state index contributed by atoms with van der Waals surface area (Å²) in [6.45, 7) is 6.41. The second-order valence-corrected chi connectivity index (χ2v) is 6.22. The maximum absolute atomic E-state index is 12.3. The molecular weight excluding hydrogens is 314 g/mol. The van der Waals surface area contributed by atoms with Gasteiger partial charge in [0.15, 0.2) is 0 Å². The van der Waals surface area contributed by atoms with E-state index in [1.807, 2.05) is 32.9 Å². The van der Waals surface area contributed by atoms with Crippen molar-refractivity contribution in [1.82, 2.24) is 10.2 Å². The molecule has 0 spiro atoms. The van der Waals surface area contributed by atoms with Gasteiger partial charge < -0.3 is 15.5 Å². The Bertz CT molecular complexity index is 628. The third-order valence-corrected chi connectivity index (χ3v) is 3.94. The highest BCUT2D eigenvalue weighted by Crippen LogP contribution is 2.22. The van der Waals surface area contributed by atoms with Crippen LogP contribution in [0.3, 0.4) is 0 Å². The quantitative estimate of drug-likeness (QED) is 0.825. The average Bonchev–Trinajstić information content (AvgIpc) is 2.95. The number of amides is 3. The van der Waals surface area contributed by atoms with E-state index in [1.165, 1.54) is 0 Å². The molecule has 1 aliphatic rings. The first-order valence-electron chi connectivity index (χ1n) is 7.77. The number of carbonyl (C=O) groups is 2. The molecular formula is C17H22ClN3O2. The van der Waals surface area contributed by atoms with E-state index in [1.54, 1.807) is 23.1 Å². The Kier molecular flexibility index (Phi) is 5.66. The first-order valence-corrected chi connectivity index (χ1v) is 8.14. The zero-order valence-electron chi connectivity index (χ0n) is 13.6. The van der Waals surface area contributed by atoms with Gasteiger partial charge in [-0.3, -0.25) is 4.79 Å². The van der Waals surface area contributed by atoms with Crippen LogP contribution in [-0.2, 0) is 0 Å². The summed E-state index contributed by atoms with van der Waals surface area (Å²) < 4.78 is 0. The van der Waals surface area contributed by atoms with E-state index in [0.29, 0.717) is 22.8 Å². The molecule has 1 unspecified atom stereocenters. The van der Waals surface area contributed by atoms with Crippen LogP contribution < -0.4 is 10.6 Å². The van der Waals surface area contributed by atoms with Crippen LogP contribution in [0.25, 0.3) is 0 Å². The first kappa shape index (κ1) is 17.3. The van der Waals surface area contributed by atoms with Crippen molar-refractivity contribution in [2.45, 2.75) is 39.3 Å². The van der Waals surface area contributed by atoms with E-state index in [-0.39, 0.29) is 24.0 Å². The minimum atomic E-state index is -0.224. The van der Waals surface area contributed by atoms with Gasteiger partial charge in [0.25, 0.3) is 5.91 Å². The molecule has 6 heteroatoms. The Hall–Kier alpha value is -2.01. The van der Waals surface area contributed by atoms with Crippen molar-refractivity contribution < 1.29 is 9.59 Å². The molecule has 23 heavy (non-hydrogen) atoms. The number of urea groups is 1. The van der Waals surface area contributed by atoms with Crippen LogP contribution in [0.1, 0.15) is 37.6 Å². The molecule has 124 valence electrons. The molecule has 0 radical (unpaired) electrons. The largest absolute Gasteiger partial charge is 0.350 e. The van der Waals surface area contributed by atoms with Crippen molar-refractivity contribution in [2.75, 3.05) is 11.9 Å². The average molecular weight is 336 g/mol. The topological polar surface area (TPSA) is 61.4 Å². The van der Waals surface area contributed by atoms with E-state index in [0.717, 1.165) is 6.42 Å². The van der Waals surface area contributed by atoms with Crippen molar-refractivity contribution >= 4 is 29.2 Å². The van der Waals surface area contributed by atoms with E-state index in [9.17, 15) is 9.59 Å². The van der Waals surface area contributed by atoms with Crippen LogP contribution >= 0.6 is 11.6 Å². The Morgan fingerprint density at radius 2 is 2.13 bits per heavy atom. The minimum Gasteiger partial charge on any atom is -0.350 e. The maximum Gasteiger partial charge on any atom is 0.322 e. The summed E-state index contributed by atoms with van der Waals surface area (Å²) in [6.07, 6.45) is 4.89. The highest BCUT2D eigenvalue weighted by molar-refractivity contribution is 6.34. The summed E-state index contributed by atoms with van der Waals surface area (Å²) in [4.78, 5) is 26.1. The van der Waals surface area contributed by atoms with Crippen LogP contribution in [0.4, 0.5) is 10.5 Å². The molecule has 0 bridgehead atoms. The minimum absolute atomic E-state index is 0.0339. The summed E-state index contributed by atoms with van der Waals surface area (Å²) >= 11 is 6.17. The number of halogens is 1. The second kappa shape index (κ2) is 7.51. The number of rotatable bonds is 4. The highest BCUT2D eigenvalue weighted by atomic mass is 35.5. The van der Waals surface area contributed by atoms with Gasteiger partial charge in [0, 0.05) is 18.3 Å². The summed E-state index contributed by atoms with van der Waals surface area (Å²) in [5.41, 5.74) is 0.968. The molecule has 1 aromatic carbocycles. The number of benzene rings is 1. The molecule has 1 atom stereocenters. The SMILES string of the molecule is CCC1C=CCN1C(=O)Nc1ccc(C(=O)NC(C)C)c(Cl)c1. The molecule has 2 N–H and O–H groups in total. The predicted molar refractivity (Wildman–Crippen MR) is 93.0 cm³/mol. The fourth-order valence-corrected chi connectivity index (χ4v) is 2.74. The van der Waals surface area contributed by atoms with Crippen molar-refractivity contribution in [1.29, 1.82) is 0 Å². The number of nitrogens with zero attached hydrogens (tertiary/aromatic N) is 1. The molecule has 2 rings (SSSR count). The van der Waals surface area contributed by atoms with Gasteiger partial charge in [-0.15, -0.1) is 0 Å². The van der Waals surface area contributed by atoms with Crippen LogP contribution in [0.2, 0.25) is 5.02 Å². The Labute approximate surface area is 141 Å². The normalized spacial score (nSPS) is 16.7. The number of anilines is 1. The fourth-order valence-electron chi connectivity index (χ4n) is 2.47. The van der Waals surface area contributed by atoms with Crippen LogP contribution in [0, 0.1) is 0 Å². The molecule has 1 aliphatic heterocycles. The lowest BCUT2D eigenvalue weighted by molar-refractivity contribution is 0.0943. The zero-order chi connectivity index (χ0) is 17.0. The molecule has 0 aromatic heterocycles. The van der Waals surface area contributed by atoms with Gasteiger partial charge in [-0.1, -0.05) is 30.7 Å². The predicted octanol–water partition coefficient (Wildman–Crippen LogP) is 3.66. The first-order chi connectivity index (χ1) is 10.9. The number of carbonyl (C=O) groups excluding carboxylic acids is 2. The Morgan fingerprint density at radius 3 is 2.74 bits per heavy atom. The second-order valence-electron chi connectivity index (χ2n) is 5.81.